The lowest BCUT2D eigenvalue weighted by Crippen LogP contribution is -2.41. The summed E-state index contributed by atoms with van der Waals surface area (Å²) in [4.78, 5) is 0. The molecule has 0 saturated carbocycles. The Balaban J connectivity index is 2.33. The van der Waals surface area contributed by atoms with Gasteiger partial charge in [0.25, 0.3) is 11.4 Å². The van der Waals surface area contributed by atoms with Crippen LogP contribution in [0.4, 0.5) is 0 Å². The molecule has 122 valence electrons. The van der Waals surface area contributed by atoms with Crippen molar-refractivity contribution in [2.75, 3.05) is 0 Å². The molecule has 3 rings (SSSR count). The summed E-state index contributed by atoms with van der Waals surface area (Å²) in [5.41, 5.74) is 10.3. The minimum absolute atomic E-state index is 1.23. The van der Waals surface area contributed by atoms with Crippen molar-refractivity contribution in [2.24, 2.45) is 14.1 Å². The van der Waals surface area contributed by atoms with Crippen LogP contribution < -0.4 is 9.13 Å². The van der Waals surface area contributed by atoms with Crippen LogP contribution in [-0.4, -0.2) is 0 Å². The Bertz CT molecular complexity index is 923. The zero-order valence-corrected chi connectivity index (χ0v) is 15.5. The average Bonchev–Trinajstić information content (AvgIpc) is 2.51. The molecule has 0 N–H and O–H groups in total. The maximum Gasteiger partial charge on any atom is 0.280 e. The normalized spacial score (nSPS) is 10.9. The third-order valence-electron chi connectivity index (χ3n) is 4.78. The van der Waals surface area contributed by atoms with E-state index in [4.69, 9.17) is 0 Å². The van der Waals surface area contributed by atoms with Crippen molar-refractivity contribution in [1.82, 2.24) is 0 Å². The van der Waals surface area contributed by atoms with Crippen LogP contribution in [0.3, 0.4) is 0 Å². The number of pyridine rings is 2. The molecule has 0 amide bonds. The summed E-state index contributed by atoms with van der Waals surface area (Å²) in [5.74, 6) is 0. The largest absolute Gasteiger partial charge is 0.280 e. The van der Waals surface area contributed by atoms with Crippen molar-refractivity contribution in [3.63, 3.8) is 0 Å². The number of hydrogen-bond donors (Lipinski definition) is 0. The Morgan fingerprint density at radius 2 is 1.38 bits per heavy atom. The first-order valence-electron chi connectivity index (χ1n) is 8.43. The number of aryl methyl sites for hydroxylation is 5. The van der Waals surface area contributed by atoms with Gasteiger partial charge in [-0.3, -0.25) is 0 Å². The fourth-order valence-electron chi connectivity index (χ4n) is 3.70. The van der Waals surface area contributed by atoms with Crippen LogP contribution in [0.1, 0.15) is 22.3 Å². The Labute approximate surface area is 145 Å². The summed E-state index contributed by atoms with van der Waals surface area (Å²) >= 11 is 0. The predicted molar refractivity (Wildman–Crippen MR) is 98.6 cm³/mol. The second-order valence-corrected chi connectivity index (χ2v) is 6.78. The standard InChI is InChI=1S/C22H26N2/c1-15-11-12-20(23(5)14-15)22-18(4)13-17(3)21(24(22)6)19-10-8-7-9-16(19)2/h7-14H,1-6H3/q+2. The van der Waals surface area contributed by atoms with Gasteiger partial charge in [-0.1, -0.05) is 18.2 Å². The van der Waals surface area contributed by atoms with Gasteiger partial charge in [-0.25, -0.2) is 0 Å². The van der Waals surface area contributed by atoms with Gasteiger partial charge in [-0.05, 0) is 51.5 Å². The molecule has 0 aliphatic heterocycles. The fourth-order valence-corrected chi connectivity index (χ4v) is 3.70. The summed E-state index contributed by atoms with van der Waals surface area (Å²) < 4.78 is 4.56. The van der Waals surface area contributed by atoms with Crippen LogP contribution in [0, 0.1) is 27.7 Å². The predicted octanol–water partition coefficient (Wildman–Crippen LogP) is 3.90. The smallest absolute Gasteiger partial charge is 0.196 e. The Morgan fingerprint density at radius 3 is 2.04 bits per heavy atom. The molecule has 0 bridgehead atoms. The van der Waals surface area contributed by atoms with Crippen LogP contribution in [0.25, 0.3) is 22.6 Å². The van der Waals surface area contributed by atoms with Gasteiger partial charge in [0, 0.05) is 28.3 Å². The van der Waals surface area contributed by atoms with E-state index in [1.54, 1.807) is 0 Å². The topological polar surface area (TPSA) is 7.76 Å². The minimum Gasteiger partial charge on any atom is -0.196 e. The fraction of sp³-hybridized carbons (Fsp3) is 0.273. The number of aromatic nitrogens is 2. The lowest BCUT2D eigenvalue weighted by Gasteiger charge is -2.12. The molecule has 24 heavy (non-hydrogen) atoms. The van der Waals surface area contributed by atoms with Gasteiger partial charge in [0.05, 0.1) is 0 Å². The van der Waals surface area contributed by atoms with Gasteiger partial charge in [0.1, 0.15) is 14.1 Å². The SMILES string of the molecule is Cc1ccc(-c2c(C)cc(C)c(-c3ccccc3C)[n+]2C)[n+](C)c1. The molecular formula is C22H26N2+2. The molecule has 0 radical (unpaired) electrons. The lowest BCUT2D eigenvalue weighted by atomic mass is 9.98. The van der Waals surface area contributed by atoms with E-state index in [9.17, 15) is 0 Å². The summed E-state index contributed by atoms with van der Waals surface area (Å²) in [6.45, 7) is 8.71. The van der Waals surface area contributed by atoms with E-state index in [1.165, 1.54) is 44.9 Å². The summed E-state index contributed by atoms with van der Waals surface area (Å²) in [5, 5.41) is 0. The van der Waals surface area contributed by atoms with Gasteiger partial charge in [0.2, 0.25) is 5.69 Å². The molecule has 1 aromatic carbocycles. The summed E-state index contributed by atoms with van der Waals surface area (Å²) in [7, 11) is 4.30. The highest BCUT2D eigenvalue weighted by molar-refractivity contribution is 5.66. The molecule has 2 aromatic heterocycles. The van der Waals surface area contributed by atoms with Crippen LogP contribution in [0.5, 0.6) is 0 Å². The molecule has 0 saturated heterocycles. The third kappa shape index (κ3) is 2.73. The number of rotatable bonds is 2. The van der Waals surface area contributed by atoms with Crippen LogP contribution in [0.2, 0.25) is 0 Å². The number of nitrogens with zero attached hydrogens (tertiary/aromatic N) is 2. The minimum atomic E-state index is 1.23. The first-order valence-corrected chi connectivity index (χ1v) is 8.43. The second kappa shape index (κ2) is 6.20. The van der Waals surface area contributed by atoms with E-state index in [0.717, 1.165) is 0 Å². The lowest BCUT2D eigenvalue weighted by molar-refractivity contribution is -0.685. The molecular weight excluding hydrogens is 292 g/mol. The first-order chi connectivity index (χ1) is 11.4. The van der Waals surface area contributed by atoms with E-state index >= 15 is 0 Å². The number of benzene rings is 1. The van der Waals surface area contributed by atoms with E-state index in [0.29, 0.717) is 0 Å². The summed E-state index contributed by atoms with van der Waals surface area (Å²) in [6.07, 6.45) is 2.18. The van der Waals surface area contributed by atoms with Gasteiger partial charge < -0.3 is 0 Å². The molecule has 2 heteroatoms. The van der Waals surface area contributed by atoms with E-state index in [1.807, 2.05) is 0 Å². The zero-order chi connectivity index (χ0) is 17.4. The van der Waals surface area contributed by atoms with Crippen LogP contribution in [-0.2, 0) is 14.1 Å². The number of hydrogen-bond acceptors (Lipinski definition) is 0. The molecule has 0 aliphatic carbocycles. The van der Waals surface area contributed by atoms with Crippen LogP contribution in [0.15, 0.2) is 48.7 Å². The molecule has 2 nitrogen and oxygen atoms in total. The highest BCUT2D eigenvalue weighted by atomic mass is 15.0. The molecule has 2 heterocycles. The molecule has 0 spiro atoms. The molecule has 0 aliphatic rings. The van der Waals surface area contributed by atoms with E-state index in [-0.39, 0.29) is 0 Å². The monoisotopic (exact) mass is 318 g/mol. The van der Waals surface area contributed by atoms with Crippen molar-refractivity contribution >= 4 is 0 Å². The van der Waals surface area contributed by atoms with Gasteiger partial charge >= 0.3 is 0 Å². The Kier molecular flexibility index (Phi) is 4.23. The highest BCUT2D eigenvalue weighted by Crippen LogP contribution is 2.27. The van der Waals surface area contributed by atoms with Crippen molar-refractivity contribution in [3.8, 4) is 22.6 Å². The van der Waals surface area contributed by atoms with E-state index < -0.39 is 0 Å². The Hall–Kier alpha value is -2.48. The van der Waals surface area contributed by atoms with Crippen molar-refractivity contribution < 1.29 is 9.13 Å². The van der Waals surface area contributed by atoms with Crippen molar-refractivity contribution in [2.45, 2.75) is 27.7 Å². The molecule has 3 aromatic rings. The Morgan fingerprint density at radius 1 is 0.708 bits per heavy atom. The highest BCUT2D eigenvalue weighted by Gasteiger charge is 2.27. The molecule has 0 atom stereocenters. The summed E-state index contributed by atoms with van der Waals surface area (Å²) in [6, 6.07) is 15.3. The first kappa shape index (κ1) is 16.4. The maximum atomic E-state index is 2.34. The van der Waals surface area contributed by atoms with Gasteiger partial charge in [-0.2, -0.15) is 9.13 Å². The molecule has 0 fully saturated rings. The average molecular weight is 318 g/mol. The second-order valence-electron chi connectivity index (χ2n) is 6.78. The van der Waals surface area contributed by atoms with Crippen LogP contribution >= 0.6 is 0 Å². The van der Waals surface area contributed by atoms with Gasteiger partial charge in [0.15, 0.2) is 6.20 Å². The van der Waals surface area contributed by atoms with Crippen molar-refractivity contribution in [3.05, 3.63) is 70.9 Å². The molecule has 0 unspecified atom stereocenters. The van der Waals surface area contributed by atoms with E-state index in [2.05, 4.69) is 99.6 Å². The van der Waals surface area contributed by atoms with Gasteiger partial charge in [-0.15, -0.1) is 0 Å². The van der Waals surface area contributed by atoms with Crippen molar-refractivity contribution in [1.29, 1.82) is 0 Å². The quantitative estimate of drug-likeness (QED) is 0.633. The third-order valence-corrected chi connectivity index (χ3v) is 4.78. The maximum absolute atomic E-state index is 2.34. The zero-order valence-electron chi connectivity index (χ0n) is 15.5.